The van der Waals surface area contributed by atoms with E-state index < -0.39 is 0 Å². The first-order valence-electron chi connectivity index (χ1n) is 8.74. The monoisotopic (exact) mass is 318 g/mol. The van der Waals surface area contributed by atoms with Crippen LogP contribution in [0.1, 0.15) is 49.0 Å². The Morgan fingerprint density at radius 2 is 1.00 bits per heavy atom. The normalized spacial score (nSPS) is 23.5. The van der Waals surface area contributed by atoms with Gasteiger partial charge in [0.2, 0.25) is 0 Å². The van der Waals surface area contributed by atoms with Crippen LogP contribution in [0.3, 0.4) is 0 Å². The van der Waals surface area contributed by atoms with E-state index in [0.29, 0.717) is 0 Å². The Kier molecular flexibility index (Phi) is 4.37. The van der Waals surface area contributed by atoms with Crippen molar-refractivity contribution in [3.63, 3.8) is 0 Å². The minimum Gasteiger partial charge on any atom is -0.482 e. The van der Waals surface area contributed by atoms with Crippen LogP contribution >= 0.6 is 0 Å². The van der Waals surface area contributed by atoms with Crippen molar-refractivity contribution in [2.24, 2.45) is 0 Å². The molecule has 0 saturated carbocycles. The van der Waals surface area contributed by atoms with Gasteiger partial charge in [0.05, 0.1) is 0 Å². The van der Waals surface area contributed by atoms with Crippen LogP contribution in [0.25, 0.3) is 0 Å². The number of hydrogen-bond acceptors (Lipinski definition) is 2. The van der Waals surface area contributed by atoms with E-state index >= 15 is 0 Å². The molecule has 2 nitrogen and oxygen atoms in total. The van der Waals surface area contributed by atoms with E-state index in [1.165, 1.54) is 11.1 Å². The highest BCUT2D eigenvalue weighted by molar-refractivity contribution is 5.28. The van der Waals surface area contributed by atoms with Crippen LogP contribution in [-0.4, -0.2) is 0 Å². The summed E-state index contributed by atoms with van der Waals surface area (Å²) < 4.78 is 12.5. The number of benzene rings is 2. The standard InChI is InChI=1S/C22H22O2/c1-3-9-17(10-4-1)19-13-7-15-21(23-19)22-16-8-14-20(24-22)18-11-5-2-6-12-18/h1-6,9-12,15-16,19-20H,7-8,13-14H2/t19-,20-/m1/s1. The Morgan fingerprint density at radius 1 is 0.583 bits per heavy atom. The highest BCUT2D eigenvalue weighted by Gasteiger charge is 2.25. The molecule has 4 rings (SSSR count). The minimum atomic E-state index is 0.118. The molecule has 2 atom stereocenters. The molecule has 2 heteroatoms. The molecule has 2 aromatic carbocycles. The molecule has 0 bridgehead atoms. The molecule has 122 valence electrons. The maximum atomic E-state index is 6.26. The van der Waals surface area contributed by atoms with Gasteiger partial charge in [-0.1, -0.05) is 60.7 Å². The minimum absolute atomic E-state index is 0.118. The third-order valence-electron chi connectivity index (χ3n) is 4.64. The molecule has 2 aliphatic rings. The third kappa shape index (κ3) is 3.23. The van der Waals surface area contributed by atoms with Crippen molar-refractivity contribution >= 4 is 0 Å². The van der Waals surface area contributed by atoms with Gasteiger partial charge >= 0.3 is 0 Å². The summed E-state index contributed by atoms with van der Waals surface area (Å²) in [5, 5.41) is 0. The van der Waals surface area contributed by atoms with Gasteiger partial charge in [-0.2, -0.15) is 0 Å². The second-order valence-corrected chi connectivity index (χ2v) is 6.33. The molecule has 0 aromatic heterocycles. The number of ether oxygens (including phenoxy) is 2. The molecule has 2 heterocycles. The summed E-state index contributed by atoms with van der Waals surface area (Å²) in [4.78, 5) is 0. The van der Waals surface area contributed by atoms with Crippen molar-refractivity contribution in [1.82, 2.24) is 0 Å². The fourth-order valence-electron chi connectivity index (χ4n) is 3.37. The Hall–Kier alpha value is -2.48. The van der Waals surface area contributed by atoms with Crippen molar-refractivity contribution in [1.29, 1.82) is 0 Å². The second-order valence-electron chi connectivity index (χ2n) is 6.33. The van der Waals surface area contributed by atoms with Crippen LogP contribution in [0.4, 0.5) is 0 Å². The highest BCUT2D eigenvalue weighted by Crippen LogP contribution is 2.38. The molecule has 0 spiro atoms. The van der Waals surface area contributed by atoms with Gasteiger partial charge in [-0.25, -0.2) is 0 Å². The van der Waals surface area contributed by atoms with E-state index in [9.17, 15) is 0 Å². The van der Waals surface area contributed by atoms with E-state index in [-0.39, 0.29) is 12.2 Å². The molecule has 0 aliphatic carbocycles. The summed E-state index contributed by atoms with van der Waals surface area (Å²) in [6.07, 6.45) is 8.64. The zero-order valence-electron chi connectivity index (χ0n) is 13.7. The molecule has 0 unspecified atom stereocenters. The SMILES string of the molecule is C1=C(C2=CCC[C@H](c3ccccc3)O2)O[C@@H](c2ccccc2)CC1. The van der Waals surface area contributed by atoms with Crippen LogP contribution in [0.15, 0.2) is 84.3 Å². The Bertz CT molecular complexity index is 666. The van der Waals surface area contributed by atoms with E-state index in [0.717, 1.165) is 37.2 Å². The van der Waals surface area contributed by atoms with Gasteiger partial charge in [0.15, 0.2) is 11.5 Å². The van der Waals surface area contributed by atoms with E-state index in [1.54, 1.807) is 0 Å². The highest BCUT2D eigenvalue weighted by atomic mass is 16.5. The van der Waals surface area contributed by atoms with Crippen LogP contribution in [0.5, 0.6) is 0 Å². The van der Waals surface area contributed by atoms with Crippen molar-refractivity contribution < 1.29 is 9.47 Å². The van der Waals surface area contributed by atoms with Crippen LogP contribution in [-0.2, 0) is 9.47 Å². The summed E-state index contributed by atoms with van der Waals surface area (Å²) in [5.74, 6) is 1.80. The van der Waals surface area contributed by atoms with Gasteiger partial charge in [0.1, 0.15) is 12.2 Å². The quantitative estimate of drug-likeness (QED) is 0.706. The van der Waals surface area contributed by atoms with Crippen molar-refractivity contribution in [2.45, 2.75) is 37.9 Å². The summed E-state index contributed by atoms with van der Waals surface area (Å²) in [6.45, 7) is 0. The smallest absolute Gasteiger partial charge is 0.157 e. The molecule has 24 heavy (non-hydrogen) atoms. The summed E-state index contributed by atoms with van der Waals surface area (Å²) in [6, 6.07) is 20.9. The Balaban J connectivity index is 1.49. The molecule has 0 fully saturated rings. The zero-order valence-corrected chi connectivity index (χ0v) is 13.7. The molecular formula is C22H22O2. The summed E-state index contributed by atoms with van der Waals surface area (Å²) >= 11 is 0. The molecule has 2 aromatic rings. The van der Waals surface area contributed by atoms with E-state index in [2.05, 4.69) is 60.7 Å². The molecule has 0 saturated heterocycles. The average molecular weight is 318 g/mol. The van der Waals surface area contributed by atoms with Gasteiger partial charge in [0.25, 0.3) is 0 Å². The van der Waals surface area contributed by atoms with E-state index in [4.69, 9.17) is 9.47 Å². The van der Waals surface area contributed by atoms with Gasteiger partial charge in [-0.3, -0.25) is 0 Å². The van der Waals surface area contributed by atoms with Crippen molar-refractivity contribution in [2.75, 3.05) is 0 Å². The maximum Gasteiger partial charge on any atom is 0.157 e. The third-order valence-corrected chi connectivity index (χ3v) is 4.64. The first-order valence-corrected chi connectivity index (χ1v) is 8.74. The lowest BCUT2D eigenvalue weighted by Crippen LogP contribution is -2.15. The first kappa shape index (κ1) is 15.1. The predicted molar refractivity (Wildman–Crippen MR) is 95.2 cm³/mol. The first-order chi connectivity index (χ1) is 11.9. The lowest BCUT2D eigenvalue weighted by atomic mass is 10.00. The largest absolute Gasteiger partial charge is 0.482 e. The average Bonchev–Trinajstić information content (AvgIpc) is 2.70. The Morgan fingerprint density at radius 3 is 1.42 bits per heavy atom. The van der Waals surface area contributed by atoms with Crippen LogP contribution in [0.2, 0.25) is 0 Å². The lowest BCUT2D eigenvalue weighted by molar-refractivity contribution is 0.0428. The van der Waals surface area contributed by atoms with Crippen LogP contribution < -0.4 is 0 Å². The molecule has 2 aliphatic heterocycles. The fourth-order valence-corrected chi connectivity index (χ4v) is 3.37. The van der Waals surface area contributed by atoms with Crippen molar-refractivity contribution in [3.8, 4) is 0 Å². The topological polar surface area (TPSA) is 18.5 Å². The summed E-state index contributed by atoms with van der Waals surface area (Å²) in [7, 11) is 0. The van der Waals surface area contributed by atoms with Gasteiger partial charge in [0, 0.05) is 0 Å². The maximum absolute atomic E-state index is 6.26. The van der Waals surface area contributed by atoms with E-state index in [1.807, 2.05) is 12.1 Å². The molecular weight excluding hydrogens is 296 g/mol. The fraction of sp³-hybridized carbons (Fsp3) is 0.273. The summed E-state index contributed by atoms with van der Waals surface area (Å²) in [5.41, 5.74) is 2.47. The van der Waals surface area contributed by atoms with Gasteiger partial charge in [-0.15, -0.1) is 0 Å². The molecule has 0 radical (unpaired) electrons. The number of allylic oxidation sites excluding steroid dienone is 2. The molecule has 0 amide bonds. The second kappa shape index (κ2) is 6.96. The van der Waals surface area contributed by atoms with Gasteiger partial charge in [-0.05, 0) is 49.0 Å². The van der Waals surface area contributed by atoms with Gasteiger partial charge < -0.3 is 9.47 Å². The van der Waals surface area contributed by atoms with Crippen molar-refractivity contribution in [3.05, 3.63) is 95.5 Å². The number of hydrogen-bond donors (Lipinski definition) is 0. The Labute approximate surface area is 143 Å². The predicted octanol–water partition coefficient (Wildman–Crippen LogP) is 5.86. The lowest BCUT2D eigenvalue weighted by Gasteiger charge is -2.30. The zero-order chi connectivity index (χ0) is 16.2. The van der Waals surface area contributed by atoms with Crippen LogP contribution in [0, 0.1) is 0 Å². The molecule has 0 N–H and O–H groups in total. The number of rotatable bonds is 3.